The van der Waals surface area contributed by atoms with Gasteiger partial charge in [-0.25, -0.2) is 0 Å². The van der Waals surface area contributed by atoms with Crippen LogP contribution in [0.25, 0.3) is 0 Å². The smallest absolute Gasteiger partial charge is 0.223 e. The van der Waals surface area contributed by atoms with Crippen LogP contribution in [0, 0.1) is 0 Å². The highest BCUT2D eigenvalue weighted by Gasteiger charge is 2.05. The molecular formula is C12H17BrN2O2. The molecule has 1 aromatic carbocycles. The number of hydrogen-bond donors (Lipinski definition) is 2. The predicted octanol–water partition coefficient (Wildman–Crippen LogP) is 1.47. The monoisotopic (exact) mass is 300 g/mol. The van der Waals surface area contributed by atoms with E-state index in [2.05, 4.69) is 21.2 Å². The maximum atomic E-state index is 11.0. The number of ether oxygens (including phenoxy) is 1. The number of nitrogens with one attached hydrogen (secondary N) is 1. The molecular weight excluding hydrogens is 284 g/mol. The molecule has 17 heavy (non-hydrogen) atoms. The molecule has 5 heteroatoms. The van der Waals surface area contributed by atoms with E-state index in [0.717, 1.165) is 22.2 Å². The van der Waals surface area contributed by atoms with Crippen LogP contribution in [-0.4, -0.2) is 26.1 Å². The van der Waals surface area contributed by atoms with Crippen LogP contribution >= 0.6 is 15.9 Å². The van der Waals surface area contributed by atoms with Crippen molar-refractivity contribution in [1.29, 1.82) is 0 Å². The second-order valence-corrected chi connectivity index (χ2v) is 4.48. The SMILES string of the molecule is CNC(=O)CCOc1ccc(Br)cc1CCN. The van der Waals surface area contributed by atoms with E-state index in [-0.39, 0.29) is 5.91 Å². The molecule has 0 aliphatic rings. The van der Waals surface area contributed by atoms with E-state index >= 15 is 0 Å². The van der Waals surface area contributed by atoms with Crippen molar-refractivity contribution in [3.63, 3.8) is 0 Å². The van der Waals surface area contributed by atoms with Crippen LogP contribution in [0.3, 0.4) is 0 Å². The maximum Gasteiger partial charge on any atom is 0.223 e. The van der Waals surface area contributed by atoms with Crippen molar-refractivity contribution in [2.45, 2.75) is 12.8 Å². The zero-order chi connectivity index (χ0) is 12.7. The van der Waals surface area contributed by atoms with E-state index in [9.17, 15) is 4.79 Å². The summed E-state index contributed by atoms with van der Waals surface area (Å²) in [5.41, 5.74) is 6.60. The molecule has 1 amide bonds. The lowest BCUT2D eigenvalue weighted by atomic mass is 10.1. The van der Waals surface area contributed by atoms with Crippen LogP contribution < -0.4 is 15.8 Å². The Morgan fingerprint density at radius 1 is 1.53 bits per heavy atom. The van der Waals surface area contributed by atoms with E-state index in [0.29, 0.717) is 19.6 Å². The van der Waals surface area contributed by atoms with Gasteiger partial charge in [0.05, 0.1) is 13.0 Å². The highest BCUT2D eigenvalue weighted by Crippen LogP contribution is 2.23. The van der Waals surface area contributed by atoms with Gasteiger partial charge in [-0.2, -0.15) is 0 Å². The van der Waals surface area contributed by atoms with Crippen molar-refractivity contribution in [3.05, 3.63) is 28.2 Å². The van der Waals surface area contributed by atoms with Crippen LogP contribution in [0.2, 0.25) is 0 Å². The largest absolute Gasteiger partial charge is 0.493 e. The average Bonchev–Trinajstić information content (AvgIpc) is 2.32. The lowest BCUT2D eigenvalue weighted by Gasteiger charge is -2.11. The standard InChI is InChI=1S/C12H17BrN2O2/c1-15-12(16)5-7-17-11-3-2-10(13)8-9(11)4-6-14/h2-3,8H,4-7,14H2,1H3,(H,15,16). The fraction of sp³-hybridized carbons (Fsp3) is 0.417. The zero-order valence-electron chi connectivity index (χ0n) is 9.83. The summed E-state index contributed by atoms with van der Waals surface area (Å²) in [5.74, 6) is 0.769. The van der Waals surface area contributed by atoms with Gasteiger partial charge in [0.15, 0.2) is 0 Å². The molecule has 0 atom stereocenters. The Labute approximate surface area is 110 Å². The molecule has 1 rings (SSSR count). The first-order valence-corrected chi connectivity index (χ1v) is 6.28. The normalized spacial score (nSPS) is 10.1. The van der Waals surface area contributed by atoms with E-state index < -0.39 is 0 Å². The van der Waals surface area contributed by atoms with Crippen molar-refractivity contribution < 1.29 is 9.53 Å². The van der Waals surface area contributed by atoms with Crippen molar-refractivity contribution in [1.82, 2.24) is 5.32 Å². The van der Waals surface area contributed by atoms with Gasteiger partial charge in [-0.15, -0.1) is 0 Å². The zero-order valence-corrected chi connectivity index (χ0v) is 11.4. The second-order valence-electron chi connectivity index (χ2n) is 3.56. The molecule has 0 saturated heterocycles. The van der Waals surface area contributed by atoms with Crippen molar-refractivity contribution in [2.75, 3.05) is 20.2 Å². The van der Waals surface area contributed by atoms with Gasteiger partial charge in [0.2, 0.25) is 5.91 Å². The summed E-state index contributed by atoms with van der Waals surface area (Å²) in [4.78, 5) is 11.0. The Morgan fingerprint density at radius 2 is 2.29 bits per heavy atom. The van der Waals surface area contributed by atoms with Crippen molar-refractivity contribution in [3.8, 4) is 5.75 Å². The van der Waals surface area contributed by atoms with Gasteiger partial charge in [0.25, 0.3) is 0 Å². The topological polar surface area (TPSA) is 64.3 Å². The highest BCUT2D eigenvalue weighted by atomic mass is 79.9. The number of carbonyl (C=O) groups excluding carboxylic acids is 1. The van der Waals surface area contributed by atoms with E-state index in [4.69, 9.17) is 10.5 Å². The maximum absolute atomic E-state index is 11.0. The Bertz CT molecular complexity index is 383. The first-order valence-electron chi connectivity index (χ1n) is 5.49. The fourth-order valence-corrected chi connectivity index (χ4v) is 1.83. The number of amides is 1. The summed E-state index contributed by atoms with van der Waals surface area (Å²) in [6, 6.07) is 5.79. The molecule has 1 aromatic rings. The summed E-state index contributed by atoms with van der Waals surface area (Å²) in [6.45, 7) is 0.946. The Hall–Kier alpha value is -1.07. The minimum atomic E-state index is -0.0255. The quantitative estimate of drug-likeness (QED) is 0.836. The molecule has 94 valence electrons. The predicted molar refractivity (Wildman–Crippen MR) is 71.1 cm³/mol. The van der Waals surface area contributed by atoms with Gasteiger partial charge < -0.3 is 15.8 Å². The van der Waals surface area contributed by atoms with Gasteiger partial charge in [0, 0.05) is 11.5 Å². The average molecular weight is 301 g/mol. The number of hydrogen-bond acceptors (Lipinski definition) is 3. The third-order valence-electron chi connectivity index (χ3n) is 2.30. The molecule has 0 heterocycles. The molecule has 0 bridgehead atoms. The van der Waals surface area contributed by atoms with Crippen LogP contribution in [-0.2, 0) is 11.2 Å². The summed E-state index contributed by atoms with van der Waals surface area (Å²) >= 11 is 3.41. The first kappa shape index (κ1) is 14.0. The number of carbonyl (C=O) groups is 1. The van der Waals surface area contributed by atoms with Gasteiger partial charge >= 0.3 is 0 Å². The van der Waals surface area contributed by atoms with E-state index in [1.807, 2.05) is 18.2 Å². The van der Waals surface area contributed by atoms with Crippen LogP contribution in [0.15, 0.2) is 22.7 Å². The molecule has 0 aliphatic carbocycles. The Kier molecular flexibility index (Phi) is 6.00. The Balaban J connectivity index is 2.60. The van der Waals surface area contributed by atoms with Gasteiger partial charge in [-0.3, -0.25) is 4.79 Å². The molecule has 4 nitrogen and oxygen atoms in total. The van der Waals surface area contributed by atoms with E-state index in [1.165, 1.54) is 0 Å². The van der Waals surface area contributed by atoms with Gasteiger partial charge in [-0.05, 0) is 36.7 Å². The second kappa shape index (κ2) is 7.29. The third kappa shape index (κ3) is 4.75. The highest BCUT2D eigenvalue weighted by molar-refractivity contribution is 9.10. The summed E-state index contributed by atoms with van der Waals surface area (Å²) in [5, 5.41) is 2.55. The minimum absolute atomic E-state index is 0.0255. The minimum Gasteiger partial charge on any atom is -0.493 e. The molecule has 3 N–H and O–H groups in total. The summed E-state index contributed by atoms with van der Waals surface area (Å²) in [6.07, 6.45) is 1.11. The van der Waals surface area contributed by atoms with E-state index in [1.54, 1.807) is 7.05 Å². The number of rotatable bonds is 6. The summed E-state index contributed by atoms with van der Waals surface area (Å²) in [7, 11) is 1.61. The molecule has 0 aliphatic heterocycles. The first-order chi connectivity index (χ1) is 8.17. The molecule has 0 radical (unpaired) electrons. The van der Waals surface area contributed by atoms with Crippen molar-refractivity contribution in [2.24, 2.45) is 5.73 Å². The van der Waals surface area contributed by atoms with Crippen molar-refractivity contribution >= 4 is 21.8 Å². The molecule has 0 aromatic heterocycles. The lowest BCUT2D eigenvalue weighted by Crippen LogP contribution is -2.20. The summed E-state index contributed by atoms with van der Waals surface area (Å²) < 4.78 is 6.58. The van der Waals surface area contributed by atoms with Gasteiger partial charge in [-0.1, -0.05) is 15.9 Å². The van der Waals surface area contributed by atoms with Crippen LogP contribution in [0.5, 0.6) is 5.75 Å². The lowest BCUT2D eigenvalue weighted by molar-refractivity contribution is -0.121. The van der Waals surface area contributed by atoms with Gasteiger partial charge in [0.1, 0.15) is 5.75 Å². The Morgan fingerprint density at radius 3 is 2.94 bits per heavy atom. The number of halogens is 1. The number of benzene rings is 1. The molecule has 0 unspecified atom stereocenters. The number of nitrogens with two attached hydrogens (primary N) is 1. The molecule has 0 spiro atoms. The van der Waals surface area contributed by atoms with Crippen LogP contribution in [0.1, 0.15) is 12.0 Å². The fourth-order valence-electron chi connectivity index (χ4n) is 1.42. The molecule has 0 saturated carbocycles. The van der Waals surface area contributed by atoms with Crippen LogP contribution in [0.4, 0.5) is 0 Å². The third-order valence-corrected chi connectivity index (χ3v) is 2.79. The molecule has 0 fully saturated rings.